The van der Waals surface area contributed by atoms with Crippen LogP contribution in [-0.2, 0) is 9.47 Å². The Morgan fingerprint density at radius 2 is 2.45 bits per heavy atom. The zero-order valence-electron chi connectivity index (χ0n) is 12.4. The van der Waals surface area contributed by atoms with Crippen LogP contribution in [0.3, 0.4) is 0 Å². The lowest BCUT2D eigenvalue weighted by Gasteiger charge is -2.40. The first-order valence-electron chi connectivity index (χ1n) is 7.59. The van der Waals surface area contributed by atoms with Crippen molar-refractivity contribution in [2.45, 2.75) is 44.8 Å². The Morgan fingerprint density at radius 1 is 1.55 bits per heavy atom. The van der Waals surface area contributed by atoms with Crippen LogP contribution in [0.15, 0.2) is 5.38 Å². The monoisotopic (exact) mass is 296 g/mol. The van der Waals surface area contributed by atoms with E-state index in [9.17, 15) is 0 Å². The van der Waals surface area contributed by atoms with Gasteiger partial charge in [-0.25, -0.2) is 4.98 Å². The first kappa shape index (κ1) is 14.4. The number of hydrogen-bond donors (Lipinski definition) is 1. The highest BCUT2D eigenvalue weighted by atomic mass is 32.1. The maximum absolute atomic E-state index is 6.06. The SMILES string of the molecule is CCNC(c1csc(C)n1)C1CCOC2(CCOC2)C1. The molecule has 2 saturated heterocycles. The third-order valence-corrected chi connectivity index (χ3v) is 5.24. The molecule has 1 aromatic rings. The fourth-order valence-corrected chi connectivity index (χ4v) is 4.12. The minimum atomic E-state index is -0.0261. The molecule has 3 heterocycles. The van der Waals surface area contributed by atoms with Gasteiger partial charge in [0.25, 0.3) is 0 Å². The van der Waals surface area contributed by atoms with Gasteiger partial charge in [0.2, 0.25) is 0 Å². The Balaban J connectivity index is 1.76. The van der Waals surface area contributed by atoms with Crippen molar-refractivity contribution in [2.24, 2.45) is 5.92 Å². The van der Waals surface area contributed by atoms with E-state index >= 15 is 0 Å². The minimum absolute atomic E-state index is 0.0261. The van der Waals surface area contributed by atoms with Gasteiger partial charge in [-0.05, 0) is 32.2 Å². The van der Waals surface area contributed by atoms with Gasteiger partial charge in [-0.3, -0.25) is 0 Å². The molecule has 3 rings (SSSR count). The first-order valence-corrected chi connectivity index (χ1v) is 8.47. The molecule has 5 heteroatoms. The third-order valence-electron chi connectivity index (χ3n) is 4.45. The smallest absolute Gasteiger partial charge is 0.0940 e. The van der Waals surface area contributed by atoms with Crippen molar-refractivity contribution in [3.05, 3.63) is 16.1 Å². The van der Waals surface area contributed by atoms with E-state index in [4.69, 9.17) is 14.5 Å². The Bertz CT molecular complexity index is 443. The van der Waals surface area contributed by atoms with Crippen LogP contribution in [0.5, 0.6) is 0 Å². The largest absolute Gasteiger partial charge is 0.378 e. The summed E-state index contributed by atoms with van der Waals surface area (Å²) in [5.41, 5.74) is 1.18. The Hall–Kier alpha value is -0.490. The maximum Gasteiger partial charge on any atom is 0.0940 e. The van der Waals surface area contributed by atoms with Crippen LogP contribution in [-0.4, -0.2) is 37.0 Å². The van der Waals surface area contributed by atoms with Gasteiger partial charge in [-0.15, -0.1) is 11.3 Å². The summed E-state index contributed by atoms with van der Waals surface area (Å²) in [5, 5.41) is 6.99. The number of hydrogen-bond acceptors (Lipinski definition) is 5. The topological polar surface area (TPSA) is 43.4 Å². The number of nitrogens with one attached hydrogen (secondary N) is 1. The van der Waals surface area contributed by atoms with E-state index in [0.717, 1.165) is 50.6 Å². The van der Waals surface area contributed by atoms with Crippen molar-refractivity contribution in [3.63, 3.8) is 0 Å². The van der Waals surface area contributed by atoms with Crippen LogP contribution < -0.4 is 5.32 Å². The van der Waals surface area contributed by atoms with Gasteiger partial charge in [0, 0.05) is 25.0 Å². The molecule has 2 fully saturated rings. The number of ether oxygens (including phenoxy) is 2. The molecule has 3 atom stereocenters. The second kappa shape index (κ2) is 6.10. The van der Waals surface area contributed by atoms with E-state index in [-0.39, 0.29) is 5.60 Å². The van der Waals surface area contributed by atoms with Gasteiger partial charge in [-0.1, -0.05) is 6.92 Å². The number of nitrogens with zero attached hydrogens (tertiary/aromatic N) is 1. The molecule has 20 heavy (non-hydrogen) atoms. The molecule has 2 aliphatic rings. The molecular weight excluding hydrogens is 272 g/mol. The molecule has 2 aliphatic heterocycles. The third kappa shape index (κ3) is 2.91. The van der Waals surface area contributed by atoms with Crippen LogP contribution >= 0.6 is 11.3 Å². The van der Waals surface area contributed by atoms with E-state index in [1.807, 2.05) is 0 Å². The molecule has 0 aliphatic carbocycles. The second-order valence-corrected chi connectivity index (χ2v) is 6.98. The van der Waals surface area contributed by atoms with Gasteiger partial charge < -0.3 is 14.8 Å². The highest BCUT2D eigenvalue weighted by Crippen LogP contribution is 2.41. The molecule has 1 aromatic heterocycles. The van der Waals surface area contributed by atoms with Crippen LogP contribution in [0.1, 0.15) is 42.9 Å². The Labute approximate surface area is 124 Å². The Morgan fingerprint density at radius 3 is 3.10 bits per heavy atom. The van der Waals surface area contributed by atoms with Crippen LogP contribution in [0.4, 0.5) is 0 Å². The standard InChI is InChI=1S/C15H24N2O2S/c1-3-16-14(13-9-20-11(2)17-13)12-4-6-19-15(8-12)5-7-18-10-15/h9,12,14,16H,3-8,10H2,1-2H3. The number of rotatable bonds is 4. The molecule has 1 N–H and O–H groups in total. The molecule has 0 aromatic carbocycles. The summed E-state index contributed by atoms with van der Waals surface area (Å²) < 4.78 is 11.6. The molecule has 0 radical (unpaired) electrons. The Kier molecular flexibility index (Phi) is 4.40. The molecule has 4 nitrogen and oxygen atoms in total. The van der Waals surface area contributed by atoms with Gasteiger partial charge in [0.1, 0.15) is 0 Å². The minimum Gasteiger partial charge on any atom is -0.378 e. The molecule has 0 saturated carbocycles. The summed E-state index contributed by atoms with van der Waals surface area (Å²) in [6, 6.07) is 0.353. The number of aryl methyl sites for hydroxylation is 1. The van der Waals surface area contributed by atoms with Crippen molar-refractivity contribution in [3.8, 4) is 0 Å². The van der Waals surface area contributed by atoms with Crippen molar-refractivity contribution in [1.82, 2.24) is 10.3 Å². The van der Waals surface area contributed by atoms with Crippen molar-refractivity contribution >= 4 is 11.3 Å². The summed E-state index contributed by atoms with van der Waals surface area (Å²) in [4.78, 5) is 4.70. The van der Waals surface area contributed by atoms with Gasteiger partial charge >= 0.3 is 0 Å². The van der Waals surface area contributed by atoms with E-state index in [0.29, 0.717) is 12.0 Å². The molecule has 3 unspecified atom stereocenters. The maximum atomic E-state index is 6.06. The summed E-state index contributed by atoms with van der Waals surface area (Å²) in [6.45, 7) is 7.67. The summed E-state index contributed by atoms with van der Waals surface area (Å²) in [7, 11) is 0. The highest BCUT2D eigenvalue weighted by molar-refractivity contribution is 7.09. The zero-order chi connectivity index (χ0) is 14.0. The lowest BCUT2D eigenvalue weighted by Crippen LogP contribution is -2.44. The normalized spacial score (nSPS) is 31.8. The average molecular weight is 296 g/mol. The van der Waals surface area contributed by atoms with Gasteiger partial charge in [0.05, 0.1) is 29.0 Å². The average Bonchev–Trinajstić information content (AvgIpc) is 3.06. The quantitative estimate of drug-likeness (QED) is 0.928. The van der Waals surface area contributed by atoms with Gasteiger partial charge in [0.15, 0.2) is 0 Å². The number of aromatic nitrogens is 1. The number of thiazole rings is 1. The highest BCUT2D eigenvalue weighted by Gasteiger charge is 2.43. The molecule has 112 valence electrons. The zero-order valence-corrected chi connectivity index (χ0v) is 13.2. The van der Waals surface area contributed by atoms with E-state index in [2.05, 4.69) is 24.5 Å². The fraction of sp³-hybridized carbons (Fsp3) is 0.800. The lowest BCUT2D eigenvalue weighted by atomic mass is 9.80. The van der Waals surface area contributed by atoms with Crippen LogP contribution in [0, 0.1) is 12.8 Å². The van der Waals surface area contributed by atoms with E-state index in [1.165, 1.54) is 5.69 Å². The first-order chi connectivity index (χ1) is 9.72. The van der Waals surface area contributed by atoms with Crippen LogP contribution in [0.2, 0.25) is 0 Å². The predicted molar refractivity (Wildman–Crippen MR) is 80.1 cm³/mol. The van der Waals surface area contributed by atoms with Gasteiger partial charge in [-0.2, -0.15) is 0 Å². The fourth-order valence-electron chi connectivity index (χ4n) is 3.47. The summed E-state index contributed by atoms with van der Waals surface area (Å²) >= 11 is 1.74. The van der Waals surface area contributed by atoms with Crippen LogP contribution in [0.25, 0.3) is 0 Å². The van der Waals surface area contributed by atoms with E-state index in [1.54, 1.807) is 11.3 Å². The molecular formula is C15H24N2O2S. The van der Waals surface area contributed by atoms with E-state index < -0.39 is 0 Å². The van der Waals surface area contributed by atoms with Crippen molar-refractivity contribution in [1.29, 1.82) is 0 Å². The molecule has 0 amide bonds. The second-order valence-electron chi connectivity index (χ2n) is 5.91. The summed E-state index contributed by atoms with van der Waals surface area (Å²) in [6.07, 6.45) is 3.23. The molecule has 0 bridgehead atoms. The van der Waals surface area contributed by atoms with Crippen molar-refractivity contribution in [2.75, 3.05) is 26.4 Å². The lowest BCUT2D eigenvalue weighted by molar-refractivity contribution is -0.103. The predicted octanol–water partition coefficient (Wildman–Crippen LogP) is 2.69. The van der Waals surface area contributed by atoms with Crippen molar-refractivity contribution < 1.29 is 9.47 Å². The molecule has 1 spiro atoms. The summed E-state index contributed by atoms with van der Waals surface area (Å²) in [5.74, 6) is 0.590.